The van der Waals surface area contributed by atoms with Crippen molar-refractivity contribution in [2.45, 2.75) is 16.8 Å². The van der Waals surface area contributed by atoms with Crippen LogP contribution in [-0.2, 0) is 4.74 Å². The van der Waals surface area contributed by atoms with Crippen LogP contribution >= 0.6 is 11.8 Å². The van der Waals surface area contributed by atoms with Gasteiger partial charge in [0.15, 0.2) is 0 Å². The number of fused-ring (bicyclic) bond motifs is 1. The van der Waals surface area contributed by atoms with Gasteiger partial charge in [0.1, 0.15) is 22.7 Å². The van der Waals surface area contributed by atoms with Gasteiger partial charge in [0, 0.05) is 44.7 Å². The molecule has 0 aliphatic carbocycles. The molecule has 0 bridgehead atoms. The molecule has 9 heteroatoms. The second kappa shape index (κ2) is 9.59. The van der Waals surface area contributed by atoms with Gasteiger partial charge in [-0.1, -0.05) is 17.8 Å². The summed E-state index contributed by atoms with van der Waals surface area (Å²) in [6, 6.07) is 9.09. The van der Waals surface area contributed by atoms with Crippen molar-refractivity contribution in [1.82, 2.24) is 19.9 Å². The molecule has 1 N–H and O–H groups in total. The normalized spacial score (nSPS) is 14.8. The van der Waals surface area contributed by atoms with E-state index in [9.17, 15) is 9.90 Å². The standard InChI is InChI=1S/C22H25N5O3S/c1-15-3-4-16(22(28)29)13-18(15)31-21-20-17(23-14-24-21)5-6-19(25-20)27-9-7-26(8-10-27)11-12-30-2/h3-6,13-14H,7-12H2,1-2H3,(H,28,29). The Bertz CT molecular complexity index is 1090. The number of aromatic carboxylic acids is 1. The molecule has 4 rings (SSSR count). The van der Waals surface area contributed by atoms with Gasteiger partial charge in [0.2, 0.25) is 0 Å². The number of ether oxygens (including phenoxy) is 1. The molecule has 1 aromatic carbocycles. The number of carbonyl (C=O) groups is 1. The molecule has 0 unspecified atom stereocenters. The van der Waals surface area contributed by atoms with Crippen molar-refractivity contribution in [2.75, 3.05) is 51.3 Å². The first-order valence-electron chi connectivity index (χ1n) is 10.1. The van der Waals surface area contributed by atoms with Gasteiger partial charge >= 0.3 is 5.97 Å². The number of pyridine rings is 1. The number of nitrogens with zero attached hydrogens (tertiary/aromatic N) is 5. The van der Waals surface area contributed by atoms with Crippen molar-refractivity contribution >= 4 is 34.6 Å². The minimum absolute atomic E-state index is 0.256. The van der Waals surface area contributed by atoms with Gasteiger partial charge in [-0.05, 0) is 36.8 Å². The van der Waals surface area contributed by atoms with E-state index in [0.29, 0.717) is 0 Å². The van der Waals surface area contributed by atoms with Crippen LogP contribution in [0.5, 0.6) is 0 Å². The summed E-state index contributed by atoms with van der Waals surface area (Å²) in [4.78, 5) is 30.6. The Kier molecular flexibility index (Phi) is 6.64. The predicted molar refractivity (Wildman–Crippen MR) is 120 cm³/mol. The molecule has 0 radical (unpaired) electrons. The Morgan fingerprint density at radius 3 is 2.71 bits per heavy atom. The number of methoxy groups -OCH3 is 1. The molecule has 3 aromatic rings. The number of hydrogen-bond acceptors (Lipinski definition) is 8. The van der Waals surface area contributed by atoms with Gasteiger partial charge in [-0.2, -0.15) is 0 Å². The largest absolute Gasteiger partial charge is 0.478 e. The van der Waals surface area contributed by atoms with E-state index in [2.05, 4.69) is 19.8 Å². The first kappa shape index (κ1) is 21.5. The summed E-state index contributed by atoms with van der Waals surface area (Å²) in [5, 5.41) is 10.0. The van der Waals surface area contributed by atoms with Crippen LogP contribution in [-0.4, -0.2) is 77.4 Å². The Balaban J connectivity index is 1.59. The second-order valence-corrected chi connectivity index (χ2v) is 8.46. The van der Waals surface area contributed by atoms with Gasteiger partial charge in [0.05, 0.1) is 17.7 Å². The number of piperazine rings is 1. The zero-order chi connectivity index (χ0) is 21.8. The van der Waals surface area contributed by atoms with E-state index in [0.717, 1.165) is 71.7 Å². The van der Waals surface area contributed by atoms with Crippen LogP contribution in [0.25, 0.3) is 11.0 Å². The zero-order valence-corrected chi connectivity index (χ0v) is 18.4. The Morgan fingerprint density at radius 1 is 1.16 bits per heavy atom. The molecule has 31 heavy (non-hydrogen) atoms. The molecule has 1 aliphatic heterocycles. The maximum absolute atomic E-state index is 11.4. The number of carboxylic acids is 1. The quantitative estimate of drug-likeness (QED) is 0.558. The van der Waals surface area contributed by atoms with E-state index < -0.39 is 5.97 Å². The summed E-state index contributed by atoms with van der Waals surface area (Å²) in [5.74, 6) is -0.0361. The third-order valence-electron chi connectivity index (χ3n) is 5.38. The SMILES string of the molecule is COCCN1CCN(c2ccc3ncnc(Sc4cc(C(=O)O)ccc4C)c3n2)CC1. The molecule has 8 nitrogen and oxygen atoms in total. The predicted octanol–water partition coefficient (Wildman–Crippen LogP) is 2.95. The summed E-state index contributed by atoms with van der Waals surface area (Å²) in [6.07, 6.45) is 1.52. The van der Waals surface area contributed by atoms with E-state index in [4.69, 9.17) is 9.72 Å². The van der Waals surface area contributed by atoms with Crippen molar-refractivity contribution in [1.29, 1.82) is 0 Å². The van der Waals surface area contributed by atoms with Crippen LogP contribution in [0, 0.1) is 6.92 Å². The van der Waals surface area contributed by atoms with Crippen LogP contribution < -0.4 is 4.90 Å². The lowest BCUT2D eigenvalue weighted by Crippen LogP contribution is -2.47. The zero-order valence-electron chi connectivity index (χ0n) is 17.6. The number of aromatic nitrogens is 3. The number of aryl methyl sites for hydroxylation is 1. The average Bonchev–Trinajstić information content (AvgIpc) is 2.79. The summed E-state index contributed by atoms with van der Waals surface area (Å²) in [5.41, 5.74) is 2.75. The molecule has 1 fully saturated rings. The number of hydrogen-bond donors (Lipinski definition) is 1. The highest BCUT2D eigenvalue weighted by Gasteiger charge is 2.19. The van der Waals surface area contributed by atoms with Crippen molar-refractivity contribution in [3.63, 3.8) is 0 Å². The fourth-order valence-corrected chi connectivity index (χ4v) is 4.50. The highest BCUT2D eigenvalue weighted by Crippen LogP contribution is 2.33. The van der Waals surface area contributed by atoms with E-state index in [-0.39, 0.29) is 5.56 Å². The van der Waals surface area contributed by atoms with Crippen molar-refractivity contribution in [3.05, 3.63) is 47.8 Å². The van der Waals surface area contributed by atoms with E-state index in [1.165, 1.54) is 18.1 Å². The minimum atomic E-state index is -0.945. The summed E-state index contributed by atoms with van der Waals surface area (Å²) in [7, 11) is 1.73. The average molecular weight is 440 g/mol. The van der Waals surface area contributed by atoms with Crippen molar-refractivity contribution in [3.8, 4) is 0 Å². The summed E-state index contributed by atoms with van der Waals surface area (Å²) >= 11 is 1.42. The minimum Gasteiger partial charge on any atom is -0.478 e. The molecule has 162 valence electrons. The molecule has 0 spiro atoms. The van der Waals surface area contributed by atoms with Crippen LogP contribution in [0.1, 0.15) is 15.9 Å². The molecule has 1 aliphatic rings. The first-order valence-corrected chi connectivity index (χ1v) is 11.0. The smallest absolute Gasteiger partial charge is 0.335 e. The van der Waals surface area contributed by atoms with E-state index in [1.54, 1.807) is 19.2 Å². The van der Waals surface area contributed by atoms with E-state index >= 15 is 0 Å². The highest BCUT2D eigenvalue weighted by atomic mass is 32.2. The van der Waals surface area contributed by atoms with Gasteiger partial charge in [-0.15, -0.1) is 0 Å². The second-order valence-electron chi connectivity index (χ2n) is 7.42. The van der Waals surface area contributed by atoms with Crippen LogP contribution in [0.15, 0.2) is 46.6 Å². The van der Waals surface area contributed by atoms with Crippen LogP contribution in [0.3, 0.4) is 0 Å². The topological polar surface area (TPSA) is 91.7 Å². The molecule has 0 atom stereocenters. The molecule has 0 saturated carbocycles. The number of benzene rings is 1. The fraction of sp³-hybridized carbons (Fsp3) is 0.364. The number of anilines is 1. The summed E-state index contributed by atoms with van der Waals surface area (Å²) in [6.45, 7) is 7.39. The molecular formula is C22H25N5O3S. The molecule has 2 aromatic heterocycles. The van der Waals surface area contributed by atoms with E-state index in [1.807, 2.05) is 25.1 Å². The molecule has 3 heterocycles. The number of carboxylic acid groups (broad SMARTS) is 1. The summed E-state index contributed by atoms with van der Waals surface area (Å²) < 4.78 is 5.18. The Morgan fingerprint density at radius 2 is 1.97 bits per heavy atom. The van der Waals surface area contributed by atoms with Crippen LogP contribution in [0.4, 0.5) is 5.82 Å². The van der Waals surface area contributed by atoms with Gasteiger partial charge in [-0.3, -0.25) is 4.90 Å². The van der Waals surface area contributed by atoms with Crippen molar-refractivity contribution in [2.24, 2.45) is 0 Å². The van der Waals surface area contributed by atoms with Gasteiger partial charge in [-0.25, -0.2) is 19.7 Å². The third-order valence-corrected chi connectivity index (χ3v) is 6.54. The lowest BCUT2D eigenvalue weighted by Gasteiger charge is -2.35. The molecule has 1 saturated heterocycles. The Labute approximate surface area is 185 Å². The van der Waals surface area contributed by atoms with Gasteiger partial charge in [0.25, 0.3) is 0 Å². The monoisotopic (exact) mass is 439 g/mol. The highest BCUT2D eigenvalue weighted by molar-refractivity contribution is 7.99. The Hall–Kier alpha value is -2.75. The lowest BCUT2D eigenvalue weighted by molar-refractivity contribution is 0.0696. The van der Waals surface area contributed by atoms with Gasteiger partial charge < -0.3 is 14.7 Å². The van der Waals surface area contributed by atoms with Crippen molar-refractivity contribution < 1.29 is 14.6 Å². The maximum atomic E-state index is 11.4. The first-order chi connectivity index (χ1) is 15.0. The third kappa shape index (κ3) is 4.95. The fourth-order valence-electron chi connectivity index (χ4n) is 3.53. The maximum Gasteiger partial charge on any atom is 0.335 e. The van der Waals surface area contributed by atoms with Crippen LogP contribution in [0.2, 0.25) is 0 Å². The number of rotatable bonds is 7. The molecular weight excluding hydrogens is 414 g/mol. The lowest BCUT2D eigenvalue weighted by atomic mass is 10.1. The molecule has 0 amide bonds.